The number of imide groups is 1. The van der Waals surface area contributed by atoms with E-state index in [2.05, 4.69) is 15.9 Å². The van der Waals surface area contributed by atoms with Crippen LogP contribution in [0.1, 0.15) is 49.5 Å². The summed E-state index contributed by atoms with van der Waals surface area (Å²) in [6.45, 7) is 6.68. The van der Waals surface area contributed by atoms with Gasteiger partial charge in [-0.3, -0.25) is 4.79 Å². The lowest BCUT2D eigenvalue weighted by atomic mass is 9.99. The Labute approximate surface area is 185 Å². The summed E-state index contributed by atoms with van der Waals surface area (Å²) in [6, 6.07) is 3.59. The third-order valence-corrected chi connectivity index (χ3v) is 7.03. The molecule has 2 amide bonds. The van der Waals surface area contributed by atoms with Gasteiger partial charge in [0.1, 0.15) is 11.4 Å². The lowest BCUT2D eigenvalue weighted by Crippen LogP contribution is -2.39. The highest BCUT2D eigenvalue weighted by atomic mass is 79.9. The van der Waals surface area contributed by atoms with Gasteiger partial charge in [0.2, 0.25) is 10.0 Å². The first-order valence-corrected chi connectivity index (χ1v) is 12.4. The van der Waals surface area contributed by atoms with Crippen LogP contribution >= 0.6 is 15.9 Å². The van der Waals surface area contributed by atoms with E-state index in [0.717, 1.165) is 4.90 Å². The highest BCUT2D eigenvalue weighted by Gasteiger charge is 2.38. The van der Waals surface area contributed by atoms with E-state index in [-0.39, 0.29) is 12.5 Å². The van der Waals surface area contributed by atoms with Gasteiger partial charge in [-0.25, -0.2) is 22.4 Å². The number of carbonyl (C=O) groups is 2. The fourth-order valence-electron chi connectivity index (χ4n) is 3.56. The minimum atomic E-state index is -3.17. The van der Waals surface area contributed by atoms with E-state index in [1.807, 2.05) is 0 Å². The highest BCUT2D eigenvalue weighted by molar-refractivity contribution is 9.10. The van der Waals surface area contributed by atoms with Crippen LogP contribution in [-0.2, 0) is 21.3 Å². The van der Waals surface area contributed by atoms with Crippen molar-refractivity contribution in [2.75, 3.05) is 26.0 Å². The first kappa shape index (κ1) is 23.0. The zero-order valence-electron chi connectivity index (χ0n) is 17.6. The van der Waals surface area contributed by atoms with E-state index in [9.17, 15) is 18.0 Å². The van der Waals surface area contributed by atoms with Gasteiger partial charge >= 0.3 is 6.09 Å². The topological polar surface area (TPSA) is 93.2 Å². The number of rotatable bonds is 4. The van der Waals surface area contributed by atoms with Gasteiger partial charge in [-0.2, -0.15) is 0 Å². The van der Waals surface area contributed by atoms with Gasteiger partial charge in [-0.05, 0) is 67.1 Å². The highest BCUT2D eigenvalue weighted by Crippen LogP contribution is 2.38. The molecule has 2 aliphatic rings. The van der Waals surface area contributed by atoms with Crippen LogP contribution in [-0.4, -0.2) is 61.2 Å². The molecule has 30 heavy (non-hydrogen) atoms. The molecule has 1 aromatic rings. The van der Waals surface area contributed by atoms with E-state index in [4.69, 9.17) is 9.47 Å². The number of ether oxygens (including phenoxy) is 2. The number of halogens is 1. The van der Waals surface area contributed by atoms with Crippen molar-refractivity contribution in [2.45, 2.75) is 45.8 Å². The van der Waals surface area contributed by atoms with Crippen molar-refractivity contribution in [1.29, 1.82) is 0 Å². The molecule has 10 heteroatoms. The summed E-state index contributed by atoms with van der Waals surface area (Å²) in [5, 5.41) is 0. The molecule has 0 unspecified atom stereocenters. The van der Waals surface area contributed by atoms with E-state index in [1.54, 1.807) is 32.9 Å². The fraction of sp³-hybridized carbons (Fsp3) is 0.600. The Morgan fingerprint density at radius 2 is 1.87 bits per heavy atom. The summed E-state index contributed by atoms with van der Waals surface area (Å²) in [7, 11) is -3.17. The monoisotopic (exact) mass is 502 g/mol. The molecule has 0 atom stereocenters. The average molecular weight is 503 g/mol. The van der Waals surface area contributed by atoms with Crippen LogP contribution < -0.4 is 4.74 Å². The fourth-order valence-corrected chi connectivity index (χ4v) is 4.87. The molecule has 0 bridgehead atoms. The number of carbonyl (C=O) groups excluding carboxylic acids is 2. The summed E-state index contributed by atoms with van der Waals surface area (Å²) in [5.74, 6) is 0.153. The third-order valence-electron chi connectivity index (χ3n) is 5.10. The largest absolute Gasteiger partial charge is 0.491 e. The van der Waals surface area contributed by atoms with E-state index in [1.165, 1.54) is 10.6 Å². The second-order valence-electron chi connectivity index (χ2n) is 8.70. The molecule has 0 N–H and O–H groups in total. The van der Waals surface area contributed by atoms with Crippen LogP contribution in [0.25, 0.3) is 0 Å². The first-order valence-electron chi connectivity index (χ1n) is 9.81. The number of nitrogens with zero attached hydrogens (tertiary/aromatic N) is 2. The Hall–Kier alpha value is -1.65. The second-order valence-corrected chi connectivity index (χ2v) is 11.5. The molecule has 8 nitrogen and oxygen atoms in total. The Morgan fingerprint density at radius 1 is 1.23 bits per heavy atom. The number of amides is 2. The van der Waals surface area contributed by atoms with Crippen LogP contribution in [0.4, 0.5) is 4.79 Å². The van der Waals surface area contributed by atoms with Gasteiger partial charge in [0.15, 0.2) is 0 Å². The van der Waals surface area contributed by atoms with Crippen LogP contribution in [0, 0.1) is 5.92 Å². The van der Waals surface area contributed by atoms with E-state index < -0.39 is 27.6 Å². The first-order chi connectivity index (χ1) is 13.9. The molecular formula is C20H27BrN2O6S. The Kier molecular flexibility index (Phi) is 6.50. The minimum absolute atomic E-state index is 0.138. The normalized spacial score (nSPS) is 18.4. The van der Waals surface area contributed by atoms with Crippen molar-refractivity contribution < 1.29 is 27.5 Å². The zero-order valence-corrected chi connectivity index (χ0v) is 20.0. The molecule has 1 aromatic carbocycles. The third kappa shape index (κ3) is 5.15. The van der Waals surface area contributed by atoms with Crippen molar-refractivity contribution in [3.8, 4) is 5.75 Å². The quantitative estimate of drug-likeness (QED) is 0.626. The van der Waals surface area contributed by atoms with Crippen molar-refractivity contribution in [1.82, 2.24) is 9.21 Å². The predicted molar refractivity (Wildman–Crippen MR) is 115 cm³/mol. The number of piperidine rings is 1. The summed E-state index contributed by atoms with van der Waals surface area (Å²) < 4.78 is 36.8. The average Bonchev–Trinajstić information content (AvgIpc) is 2.96. The summed E-state index contributed by atoms with van der Waals surface area (Å²) >= 11 is 3.44. The number of hydrogen-bond acceptors (Lipinski definition) is 6. The molecular weight excluding hydrogens is 476 g/mol. The van der Waals surface area contributed by atoms with Crippen LogP contribution in [0.5, 0.6) is 5.75 Å². The smallest absolute Gasteiger partial charge is 0.417 e. The molecule has 0 aliphatic carbocycles. The molecule has 0 aromatic heterocycles. The number of sulfonamides is 1. The maximum absolute atomic E-state index is 13.0. The Morgan fingerprint density at radius 3 is 2.43 bits per heavy atom. The molecule has 3 rings (SSSR count). The molecule has 2 heterocycles. The van der Waals surface area contributed by atoms with Gasteiger partial charge in [0.25, 0.3) is 5.91 Å². The van der Waals surface area contributed by atoms with E-state index in [0.29, 0.717) is 53.9 Å². The van der Waals surface area contributed by atoms with Gasteiger partial charge in [0, 0.05) is 13.1 Å². The van der Waals surface area contributed by atoms with Crippen molar-refractivity contribution in [2.24, 2.45) is 5.92 Å². The minimum Gasteiger partial charge on any atom is -0.491 e. The number of fused-ring (bicyclic) bond motifs is 1. The molecule has 2 aliphatic heterocycles. The van der Waals surface area contributed by atoms with Crippen LogP contribution in [0.15, 0.2) is 16.6 Å². The molecule has 1 fully saturated rings. The second kappa shape index (κ2) is 8.47. The van der Waals surface area contributed by atoms with E-state index >= 15 is 0 Å². The molecule has 0 radical (unpaired) electrons. The van der Waals surface area contributed by atoms with Gasteiger partial charge < -0.3 is 9.47 Å². The lowest BCUT2D eigenvalue weighted by molar-refractivity contribution is 0.0247. The SMILES string of the molecule is CC(C)(C)OC(=O)N1Cc2ccc(Br)c(OCC3CCN(S(C)(=O)=O)CC3)c2C1=O. The molecule has 166 valence electrons. The van der Waals surface area contributed by atoms with Crippen LogP contribution in [0.3, 0.4) is 0 Å². The molecule has 0 saturated carbocycles. The molecule has 0 spiro atoms. The van der Waals surface area contributed by atoms with Crippen molar-refractivity contribution >= 4 is 38.0 Å². The van der Waals surface area contributed by atoms with Gasteiger partial charge in [0.05, 0.1) is 29.4 Å². The number of hydrogen-bond donors (Lipinski definition) is 0. The Balaban J connectivity index is 1.70. The predicted octanol–water partition coefficient (Wildman–Crippen LogP) is 3.39. The summed E-state index contributed by atoms with van der Waals surface area (Å²) in [4.78, 5) is 26.5. The maximum Gasteiger partial charge on any atom is 0.417 e. The number of benzene rings is 1. The maximum atomic E-state index is 13.0. The van der Waals surface area contributed by atoms with Gasteiger partial charge in [-0.1, -0.05) is 6.07 Å². The van der Waals surface area contributed by atoms with Crippen molar-refractivity contribution in [3.63, 3.8) is 0 Å². The van der Waals surface area contributed by atoms with Gasteiger partial charge in [-0.15, -0.1) is 0 Å². The molecule has 1 saturated heterocycles. The zero-order chi connectivity index (χ0) is 22.3. The standard InChI is InChI=1S/C20H27BrN2O6S/c1-20(2,3)29-19(25)23-11-14-5-6-15(21)17(16(14)18(23)24)28-12-13-7-9-22(10-8-13)30(4,26)27/h5-6,13H,7-12H2,1-4H3. The lowest BCUT2D eigenvalue weighted by Gasteiger charge is -2.30. The summed E-state index contributed by atoms with van der Waals surface area (Å²) in [6.07, 6.45) is 1.92. The van der Waals surface area contributed by atoms with Crippen molar-refractivity contribution in [3.05, 3.63) is 27.7 Å². The summed E-state index contributed by atoms with van der Waals surface area (Å²) in [5.41, 5.74) is 0.368. The Bertz CT molecular complexity index is 949. The van der Waals surface area contributed by atoms with Crippen LogP contribution in [0.2, 0.25) is 0 Å².